The lowest BCUT2D eigenvalue weighted by atomic mass is 9.75. The fraction of sp³-hybridized carbons (Fsp3) is 0.440. The van der Waals surface area contributed by atoms with Crippen LogP contribution in [0, 0.1) is 12.8 Å². The van der Waals surface area contributed by atoms with Crippen molar-refractivity contribution in [2.24, 2.45) is 5.92 Å². The van der Waals surface area contributed by atoms with Crippen molar-refractivity contribution in [1.29, 1.82) is 0 Å². The normalized spacial score (nSPS) is 23.8. The summed E-state index contributed by atoms with van der Waals surface area (Å²) >= 11 is 0. The van der Waals surface area contributed by atoms with Crippen molar-refractivity contribution < 1.29 is 0 Å². The van der Waals surface area contributed by atoms with Gasteiger partial charge in [0.25, 0.3) is 0 Å². The number of nitrogens with zero attached hydrogens (tertiary/aromatic N) is 4. The van der Waals surface area contributed by atoms with E-state index >= 15 is 0 Å². The number of aromatic nitrogens is 4. The van der Waals surface area contributed by atoms with Gasteiger partial charge in [0.15, 0.2) is 5.65 Å². The summed E-state index contributed by atoms with van der Waals surface area (Å²) in [5.41, 5.74) is 8.62. The lowest BCUT2D eigenvalue weighted by molar-refractivity contribution is 0.0871. The van der Waals surface area contributed by atoms with Crippen LogP contribution in [0.3, 0.4) is 0 Å². The van der Waals surface area contributed by atoms with Crippen molar-refractivity contribution in [3.05, 3.63) is 53.5 Å². The van der Waals surface area contributed by atoms with Gasteiger partial charge in [-0.2, -0.15) is 5.10 Å². The van der Waals surface area contributed by atoms with E-state index in [1.807, 2.05) is 4.52 Å². The summed E-state index contributed by atoms with van der Waals surface area (Å²) in [4.78, 5) is 10.8. The van der Waals surface area contributed by atoms with E-state index in [1.165, 1.54) is 65.8 Å². The number of fused-ring (bicyclic) bond motifs is 5. The van der Waals surface area contributed by atoms with E-state index in [1.54, 1.807) is 6.33 Å². The van der Waals surface area contributed by atoms with Crippen LogP contribution in [0.4, 0.5) is 0 Å². The third kappa shape index (κ3) is 2.72. The molecule has 30 heavy (non-hydrogen) atoms. The number of aryl methyl sites for hydroxylation is 1. The van der Waals surface area contributed by atoms with Gasteiger partial charge < -0.3 is 9.88 Å². The Morgan fingerprint density at radius 1 is 1.13 bits per heavy atom. The number of aromatic amines is 1. The molecule has 7 rings (SSSR count). The van der Waals surface area contributed by atoms with E-state index in [0.717, 1.165) is 17.1 Å². The van der Waals surface area contributed by atoms with Gasteiger partial charge in [0.2, 0.25) is 0 Å². The highest BCUT2D eigenvalue weighted by Gasteiger charge is 2.35. The highest BCUT2D eigenvalue weighted by Crippen LogP contribution is 2.42. The first-order valence-corrected chi connectivity index (χ1v) is 11.3. The van der Waals surface area contributed by atoms with E-state index in [0.29, 0.717) is 11.8 Å². The number of H-pyrrole nitrogens is 1. The first-order chi connectivity index (χ1) is 14.6. The van der Waals surface area contributed by atoms with Crippen LogP contribution in [0.5, 0.6) is 0 Å². The van der Waals surface area contributed by atoms with Crippen LogP contribution in [0.2, 0.25) is 0 Å². The third-order valence-electron chi connectivity index (χ3n) is 7.37. The molecule has 0 radical (unpaired) electrons. The van der Waals surface area contributed by atoms with E-state index in [-0.39, 0.29) is 0 Å². The van der Waals surface area contributed by atoms with E-state index in [2.05, 4.69) is 71.2 Å². The molecule has 1 atom stereocenters. The van der Waals surface area contributed by atoms with Gasteiger partial charge in [0.05, 0.1) is 5.69 Å². The summed E-state index contributed by atoms with van der Waals surface area (Å²) in [6.07, 6.45) is 6.44. The number of rotatable bonds is 3. The van der Waals surface area contributed by atoms with Gasteiger partial charge in [-0.3, -0.25) is 0 Å². The second-order valence-electron chi connectivity index (χ2n) is 9.56. The van der Waals surface area contributed by atoms with Crippen LogP contribution in [0.1, 0.15) is 55.2 Å². The smallest absolute Gasteiger partial charge is 0.158 e. The van der Waals surface area contributed by atoms with Gasteiger partial charge in [0, 0.05) is 29.2 Å². The fourth-order valence-corrected chi connectivity index (χ4v) is 5.86. The SMILES string of the molecule is Cc1cc(-c2[nH]c3ccc(C4CN5CCC4CC5)cc3c2C(C)C)cn2ncnc12. The number of pyridine rings is 1. The second kappa shape index (κ2) is 6.67. The van der Waals surface area contributed by atoms with Crippen LogP contribution in [-0.4, -0.2) is 44.1 Å². The molecule has 0 amide bonds. The molecule has 2 bridgehead atoms. The number of benzene rings is 1. The molecule has 1 aromatic carbocycles. The minimum Gasteiger partial charge on any atom is -0.354 e. The maximum absolute atomic E-state index is 4.38. The van der Waals surface area contributed by atoms with Crippen molar-refractivity contribution in [3.63, 3.8) is 0 Å². The maximum atomic E-state index is 4.38. The zero-order valence-electron chi connectivity index (χ0n) is 18.0. The molecule has 3 aliphatic rings. The quantitative estimate of drug-likeness (QED) is 0.520. The van der Waals surface area contributed by atoms with Crippen LogP contribution >= 0.6 is 0 Å². The summed E-state index contributed by atoms with van der Waals surface area (Å²) in [6.45, 7) is 10.5. The molecule has 3 saturated heterocycles. The molecule has 0 saturated carbocycles. The maximum Gasteiger partial charge on any atom is 0.158 e. The highest BCUT2D eigenvalue weighted by molar-refractivity contribution is 5.92. The molecular weight excluding hydrogens is 370 g/mol. The molecule has 5 heteroatoms. The average Bonchev–Trinajstić information content (AvgIpc) is 3.38. The largest absolute Gasteiger partial charge is 0.354 e. The number of nitrogens with one attached hydrogen (secondary N) is 1. The molecule has 3 aromatic heterocycles. The van der Waals surface area contributed by atoms with Crippen LogP contribution in [0.15, 0.2) is 36.8 Å². The Balaban J connectivity index is 1.50. The molecule has 3 aliphatic heterocycles. The Hall–Kier alpha value is -2.66. The predicted molar refractivity (Wildman–Crippen MR) is 121 cm³/mol. The predicted octanol–water partition coefficient (Wildman–Crippen LogP) is 5.12. The Kier molecular flexibility index (Phi) is 4.03. The first kappa shape index (κ1) is 18.1. The van der Waals surface area contributed by atoms with Gasteiger partial charge in [-0.1, -0.05) is 19.9 Å². The third-order valence-corrected chi connectivity index (χ3v) is 7.37. The van der Waals surface area contributed by atoms with Crippen molar-refractivity contribution in [2.75, 3.05) is 19.6 Å². The zero-order chi connectivity index (χ0) is 20.4. The second-order valence-corrected chi connectivity index (χ2v) is 9.56. The molecule has 3 fully saturated rings. The molecule has 0 aliphatic carbocycles. The number of piperidine rings is 3. The Morgan fingerprint density at radius 3 is 2.70 bits per heavy atom. The topological polar surface area (TPSA) is 49.2 Å². The van der Waals surface area contributed by atoms with Gasteiger partial charge in [-0.25, -0.2) is 9.50 Å². The summed E-state index contributed by atoms with van der Waals surface area (Å²) in [5.74, 6) is 1.97. The van der Waals surface area contributed by atoms with E-state index < -0.39 is 0 Å². The molecule has 4 aromatic rings. The minimum absolute atomic E-state index is 0.433. The standard InChI is InChI=1S/C25H29N5/c1-15(2)23-20-11-18(21-13-29-8-6-17(21)7-9-29)4-5-22(20)28-24(23)19-10-16(3)25-26-14-27-30(25)12-19/h4-5,10-12,14-15,17,21,28H,6-9,13H2,1-3H3. The van der Waals surface area contributed by atoms with Crippen LogP contribution in [-0.2, 0) is 0 Å². The average molecular weight is 400 g/mol. The summed E-state index contributed by atoms with van der Waals surface area (Å²) in [5, 5.41) is 5.76. The number of hydrogen-bond acceptors (Lipinski definition) is 3. The van der Waals surface area contributed by atoms with Crippen molar-refractivity contribution in [3.8, 4) is 11.3 Å². The lowest BCUT2D eigenvalue weighted by Gasteiger charge is -2.45. The van der Waals surface area contributed by atoms with Gasteiger partial charge in [-0.05, 0) is 85.5 Å². The summed E-state index contributed by atoms with van der Waals surface area (Å²) in [6, 6.07) is 9.39. The summed E-state index contributed by atoms with van der Waals surface area (Å²) < 4.78 is 1.89. The van der Waals surface area contributed by atoms with Crippen molar-refractivity contribution >= 4 is 16.6 Å². The van der Waals surface area contributed by atoms with Gasteiger partial charge >= 0.3 is 0 Å². The van der Waals surface area contributed by atoms with E-state index in [4.69, 9.17) is 0 Å². The van der Waals surface area contributed by atoms with Crippen molar-refractivity contribution in [1.82, 2.24) is 24.5 Å². The van der Waals surface area contributed by atoms with Crippen LogP contribution < -0.4 is 0 Å². The van der Waals surface area contributed by atoms with Gasteiger partial charge in [0.1, 0.15) is 6.33 Å². The Bertz CT molecular complexity index is 1240. The Labute approximate surface area is 177 Å². The zero-order valence-corrected chi connectivity index (χ0v) is 18.0. The molecule has 6 heterocycles. The van der Waals surface area contributed by atoms with E-state index in [9.17, 15) is 0 Å². The Morgan fingerprint density at radius 2 is 1.97 bits per heavy atom. The molecule has 154 valence electrons. The minimum atomic E-state index is 0.433. The fourth-order valence-electron chi connectivity index (χ4n) is 5.86. The molecule has 0 spiro atoms. The monoisotopic (exact) mass is 399 g/mol. The molecule has 1 N–H and O–H groups in total. The first-order valence-electron chi connectivity index (χ1n) is 11.3. The molecule has 5 nitrogen and oxygen atoms in total. The molecule has 1 unspecified atom stereocenters. The highest BCUT2D eigenvalue weighted by atomic mass is 15.3. The number of hydrogen-bond donors (Lipinski definition) is 1. The van der Waals surface area contributed by atoms with Crippen LogP contribution in [0.25, 0.3) is 27.8 Å². The van der Waals surface area contributed by atoms with Gasteiger partial charge in [-0.15, -0.1) is 0 Å². The van der Waals surface area contributed by atoms with Crippen molar-refractivity contribution in [2.45, 2.75) is 45.4 Å². The lowest BCUT2D eigenvalue weighted by Crippen LogP contribution is -2.46. The summed E-state index contributed by atoms with van der Waals surface area (Å²) in [7, 11) is 0. The molecular formula is C25H29N5.